The van der Waals surface area contributed by atoms with Crippen LogP contribution in [0.3, 0.4) is 0 Å². The van der Waals surface area contributed by atoms with E-state index in [2.05, 4.69) is 29.0 Å². The summed E-state index contributed by atoms with van der Waals surface area (Å²) in [5, 5.41) is 3.44. The molecule has 24 heavy (non-hydrogen) atoms. The Balaban J connectivity index is 1.35. The summed E-state index contributed by atoms with van der Waals surface area (Å²) in [6.45, 7) is 10.5. The molecule has 0 radical (unpaired) electrons. The lowest BCUT2D eigenvalue weighted by atomic mass is 9.91. The maximum absolute atomic E-state index is 13.1. The summed E-state index contributed by atoms with van der Waals surface area (Å²) < 4.78 is 5.85. The van der Waals surface area contributed by atoms with Crippen LogP contribution in [-0.2, 0) is 9.53 Å². The van der Waals surface area contributed by atoms with Crippen molar-refractivity contribution in [1.29, 1.82) is 0 Å². The second-order valence-corrected chi connectivity index (χ2v) is 8.67. The highest BCUT2D eigenvalue weighted by Crippen LogP contribution is 2.59. The molecule has 1 aliphatic carbocycles. The predicted octanol–water partition coefficient (Wildman–Crippen LogP) is 1.48. The fourth-order valence-corrected chi connectivity index (χ4v) is 5.42. The van der Waals surface area contributed by atoms with E-state index in [4.69, 9.17) is 4.74 Å². The van der Waals surface area contributed by atoms with Gasteiger partial charge in [-0.05, 0) is 64.5 Å². The van der Waals surface area contributed by atoms with Crippen molar-refractivity contribution in [3.8, 4) is 0 Å². The molecule has 1 spiro atoms. The summed E-state index contributed by atoms with van der Waals surface area (Å²) in [4.78, 5) is 17.9. The van der Waals surface area contributed by atoms with Gasteiger partial charge < -0.3 is 15.0 Å². The summed E-state index contributed by atoms with van der Waals surface area (Å²) in [6.07, 6.45) is 6.49. The van der Waals surface area contributed by atoms with Crippen LogP contribution in [0.1, 0.15) is 46.0 Å². The van der Waals surface area contributed by atoms with E-state index in [0.29, 0.717) is 35.5 Å². The Morgan fingerprint density at radius 2 is 1.92 bits per heavy atom. The van der Waals surface area contributed by atoms with Crippen LogP contribution in [0.2, 0.25) is 0 Å². The van der Waals surface area contributed by atoms with E-state index < -0.39 is 0 Å². The maximum Gasteiger partial charge on any atom is 0.226 e. The molecule has 3 heterocycles. The summed E-state index contributed by atoms with van der Waals surface area (Å²) in [5.41, 5.74) is 0.359. The molecule has 136 valence electrons. The van der Waals surface area contributed by atoms with Gasteiger partial charge in [-0.25, -0.2) is 0 Å². The monoisotopic (exact) mass is 335 g/mol. The molecular weight excluding hydrogens is 302 g/mol. The molecule has 4 aliphatic rings. The number of carbonyl (C=O) groups excluding carboxylic acids is 1. The third-order valence-electron chi connectivity index (χ3n) is 6.71. The summed E-state index contributed by atoms with van der Waals surface area (Å²) in [5.74, 6) is 0.788. The van der Waals surface area contributed by atoms with E-state index in [9.17, 15) is 4.79 Å². The average Bonchev–Trinajstić information content (AvgIpc) is 3.02. The number of morpholine rings is 1. The zero-order valence-electron chi connectivity index (χ0n) is 15.3. The summed E-state index contributed by atoms with van der Waals surface area (Å²) in [6, 6.07) is 0.425. The van der Waals surface area contributed by atoms with Crippen LogP contribution < -0.4 is 5.32 Å². The lowest BCUT2D eigenvalue weighted by Crippen LogP contribution is -2.51. The van der Waals surface area contributed by atoms with Crippen LogP contribution in [0.4, 0.5) is 0 Å². The van der Waals surface area contributed by atoms with E-state index in [1.54, 1.807) is 0 Å². The molecule has 3 saturated heterocycles. The molecule has 1 amide bonds. The summed E-state index contributed by atoms with van der Waals surface area (Å²) >= 11 is 0. The van der Waals surface area contributed by atoms with Gasteiger partial charge in [-0.1, -0.05) is 0 Å². The third kappa shape index (κ3) is 3.23. The third-order valence-corrected chi connectivity index (χ3v) is 6.71. The number of ether oxygens (including phenoxy) is 1. The number of likely N-dealkylation sites (tertiary alicyclic amines) is 1. The number of carbonyl (C=O) groups is 1. The number of amides is 1. The van der Waals surface area contributed by atoms with Crippen LogP contribution in [0, 0.1) is 11.3 Å². The lowest BCUT2D eigenvalue weighted by Gasteiger charge is -2.38. The Morgan fingerprint density at radius 1 is 1.21 bits per heavy atom. The van der Waals surface area contributed by atoms with Gasteiger partial charge in [0.25, 0.3) is 0 Å². The van der Waals surface area contributed by atoms with Gasteiger partial charge in [0.15, 0.2) is 0 Å². The zero-order chi connectivity index (χ0) is 16.7. The van der Waals surface area contributed by atoms with Crippen LogP contribution in [0.25, 0.3) is 0 Å². The van der Waals surface area contributed by atoms with E-state index in [-0.39, 0.29) is 0 Å². The molecule has 4 rings (SSSR count). The second-order valence-electron chi connectivity index (χ2n) is 8.67. The number of nitrogens with one attached hydrogen (secondary N) is 1. The molecule has 4 unspecified atom stereocenters. The predicted molar refractivity (Wildman–Crippen MR) is 93.8 cm³/mol. The molecule has 5 heteroatoms. The van der Waals surface area contributed by atoms with Crippen molar-refractivity contribution in [1.82, 2.24) is 15.1 Å². The molecule has 3 aliphatic heterocycles. The molecule has 1 saturated carbocycles. The lowest BCUT2D eigenvalue weighted by molar-refractivity contribution is -0.135. The molecule has 0 aromatic carbocycles. The van der Waals surface area contributed by atoms with Crippen LogP contribution in [0.5, 0.6) is 0 Å². The van der Waals surface area contributed by atoms with Crippen molar-refractivity contribution in [3.63, 3.8) is 0 Å². The van der Waals surface area contributed by atoms with Gasteiger partial charge in [-0.3, -0.25) is 9.69 Å². The highest BCUT2D eigenvalue weighted by atomic mass is 16.5. The Morgan fingerprint density at radius 3 is 2.62 bits per heavy atom. The number of hydrogen-bond acceptors (Lipinski definition) is 4. The highest BCUT2D eigenvalue weighted by molar-refractivity contribution is 5.83. The molecule has 4 atom stereocenters. The van der Waals surface area contributed by atoms with Gasteiger partial charge in [0, 0.05) is 38.1 Å². The molecule has 4 fully saturated rings. The standard InChI is InChI=1S/C19H33N3O2/c1-14-11-21(12-15(2)24-14)13-16-4-3-9-22(16)18(23)17-10-19(17)5-7-20-8-6-19/h14-17,20H,3-13H2,1-2H3. The first-order chi connectivity index (χ1) is 11.6. The van der Waals surface area contributed by atoms with Crippen molar-refractivity contribution < 1.29 is 9.53 Å². The SMILES string of the molecule is CC1CN(CC2CCCN2C(=O)C2CC23CCNCC3)CC(C)O1. The normalized spacial score (nSPS) is 39.3. The number of nitrogens with zero attached hydrogens (tertiary/aromatic N) is 2. The second kappa shape index (κ2) is 6.58. The largest absolute Gasteiger partial charge is 0.373 e. The minimum absolute atomic E-state index is 0.306. The first-order valence-electron chi connectivity index (χ1n) is 9.96. The molecule has 0 aromatic rings. The fraction of sp³-hybridized carbons (Fsp3) is 0.947. The van der Waals surface area contributed by atoms with Gasteiger partial charge in [-0.2, -0.15) is 0 Å². The van der Waals surface area contributed by atoms with E-state index in [1.807, 2.05) is 0 Å². The quantitative estimate of drug-likeness (QED) is 0.848. The molecule has 5 nitrogen and oxygen atoms in total. The van der Waals surface area contributed by atoms with Crippen molar-refractivity contribution in [2.75, 3.05) is 39.3 Å². The Labute approximate surface area is 146 Å². The Kier molecular flexibility index (Phi) is 4.61. The Hall–Kier alpha value is -0.650. The van der Waals surface area contributed by atoms with E-state index in [1.165, 1.54) is 25.7 Å². The van der Waals surface area contributed by atoms with Crippen molar-refractivity contribution in [2.45, 2.75) is 64.2 Å². The summed E-state index contributed by atoms with van der Waals surface area (Å²) in [7, 11) is 0. The maximum atomic E-state index is 13.1. The van der Waals surface area contributed by atoms with Crippen LogP contribution >= 0.6 is 0 Å². The molecular formula is C19H33N3O2. The van der Waals surface area contributed by atoms with Gasteiger partial charge in [-0.15, -0.1) is 0 Å². The van der Waals surface area contributed by atoms with Crippen molar-refractivity contribution >= 4 is 5.91 Å². The Bertz CT molecular complexity index is 467. The molecule has 1 N–H and O–H groups in total. The number of piperidine rings is 1. The fourth-order valence-electron chi connectivity index (χ4n) is 5.42. The van der Waals surface area contributed by atoms with E-state index >= 15 is 0 Å². The first kappa shape index (κ1) is 16.8. The van der Waals surface area contributed by atoms with Crippen molar-refractivity contribution in [3.05, 3.63) is 0 Å². The van der Waals surface area contributed by atoms with Crippen molar-refractivity contribution in [2.24, 2.45) is 11.3 Å². The van der Waals surface area contributed by atoms with E-state index in [0.717, 1.165) is 45.7 Å². The van der Waals surface area contributed by atoms with Gasteiger partial charge in [0.2, 0.25) is 5.91 Å². The molecule has 0 aromatic heterocycles. The highest BCUT2D eigenvalue weighted by Gasteiger charge is 2.59. The van der Waals surface area contributed by atoms with Gasteiger partial charge in [0.05, 0.1) is 12.2 Å². The minimum Gasteiger partial charge on any atom is -0.373 e. The zero-order valence-corrected chi connectivity index (χ0v) is 15.3. The topological polar surface area (TPSA) is 44.8 Å². The number of rotatable bonds is 3. The average molecular weight is 335 g/mol. The number of hydrogen-bond donors (Lipinski definition) is 1. The van der Waals surface area contributed by atoms with Crippen LogP contribution in [-0.4, -0.2) is 73.2 Å². The van der Waals surface area contributed by atoms with Gasteiger partial charge >= 0.3 is 0 Å². The van der Waals surface area contributed by atoms with Gasteiger partial charge in [0.1, 0.15) is 0 Å². The smallest absolute Gasteiger partial charge is 0.226 e. The minimum atomic E-state index is 0.306. The molecule has 0 bridgehead atoms. The first-order valence-corrected chi connectivity index (χ1v) is 9.96. The van der Waals surface area contributed by atoms with Crippen LogP contribution in [0.15, 0.2) is 0 Å².